The molecule has 1 saturated carbocycles. The molecule has 3 aromatic carbocycles. The number of benzene rings is 3. The number of hydrogen-bond acceptors (Lipinski definition) is 4. The highest BCUT2D eigenvalue weighted by Gasteiger charge is 2.33. The highest BCUT2D eigenvalue weighted by Crippen LogP contribution is 2.48. The summed E-state index contributed by atoms with van der Waals surface area (Å²) >= 11 is 0. The van der Waals surface area contributed by atoms with E-state index >= 15 is 0 Å². The molecule has 2 fully saturated rings. The minimum Gasteiger partial charge on any atom is -0.490 e. The first-order chi connectivity index (χ1) is 21.1. The third-order valence-corrected chi connectivity index (χ3v) is 9.90. The number of fused-ring (bicyclic) bond motifs is 5. The van der Waals surface area contributed by atoms with Crippen molar-refractivity contribution >= 4 is 16.9 Å². The predicted octanol–water partition coefficient (Wildman–Crippen LogP) is 7.80. The van der Waals surface area contributed by atoms with Gasteiger partial charge in [-0.05, 0) is 80.0 Å². The molecule has 4 aromatic rings. The van der Waals surface area contributed by atoms with E-state index in [1.165, 1.54) is 53.5 Å². The van der Waals surface area contributed by atoms with Crippen molar-refractivity contribution in [3.63, 3.8) is 0 Å². The predicted molar refractivity (Wildman–Crippen MR) is 170 cm³/mol. The molecule has 2 atom stereocenters. The van der Waals surface area contributed by atoms with Crippen LogP contribution in [0.15, 0.2) is 66.7 Å². The van der Waals surface area contributed by atoms with Gasteiger partial charge in [0.05, 0.1) is 24.4 Å². The van der Waals surface area contributed by atoms with Crippen molar-refractivity contribution in [1.82, 2.24) is 9.47 Å². The Morgan fingerprint density at radius 1 is 0.977 bits per heavy atom. The lowest BCUT2D eigenvalue weighted by Crippen LogP contribution is -2.37. The van der Waals surface area contributed by atoms with E-state index in [2.05, 4.69) is 71.0 Å². The maximum atomic E-state index is 12.1. The summed E-state index contributed by atoms with van der Waals surface area (Å²) < 4.78 is 15.7. The smallest absolute Gasteiger partial charge is 0.335 e. The number of aryl methyl sites for hydroxylation is 1. The molecular weight excluding hydrogens is 536 g/mol. The second-order valence-electron chi connectivity index (χ2n) is 12.7. The molecule has 1 aliphatic carbocycles. The van der Waals surface area contributed by atoms with Crippen molar-refractivity contribution < 1.29 is 19.4 Å². The third-order valence-electron chi connectivity index (χ3n) is 9.90. The van der Waals surface area contributed by atoms with Crippen LogP contribution in [0.1, 0.15) is 77.9 Å². The highest BCUT2D eigenvalue weighted by molar-refractivity contribution is 5.99. The van der Waals surface area contributed by atoms with Crippen LogP contribution in [0.25, 0.3) is 22.2 Å². The van der Waals surface area contributed by atoms with E-state index in [-0.39, 0.29) is 6.10 Å². The fourth-order valence-electron chi connectivity index (χ4n) is 7.73. The molecule has 1 saturated heterocycles. The summed E-state index contributed by atoms with van der Waals surface area (Å²) in [4.78, 5) is 14.7. The topological polar surface area (TPSA) is 63.9 Å². The zero-order valence-electron chi connectivity index (χ0n) is 25.1. The third kappa shape index (κ3) is 5.59. The number of carboxylic acid groups (broad SMARTS) is 1. The standard InChI is InChI=1S/C37H42N2O4/c1-25-10-8-16-33-34(25)36-35(27-13-6-3-7-14-27)31-18-17-28(37(40)41)20-32(31)39(36)22-30(24-43-33)42-23-29-15-9-19-38(29)21-26-11-4-2-5-12-26/h2,4-5,8,10-12,16-18,20,27,29-30H,3,6-7,9,13-15,19,21-24H2,1H3,(H,40,41)/t29?,30-/m0/s1. The summed E-state index contributed by atoms with van der Waals surface area (Å²) in [6, 6.07) is 23.1. The van der Waals surface area contributed by atoms with Gasteiger partial charge in [-0.3, -0.25) is 4.90 Å². The summed E-state index contributed by atoms with van der Waals surface area (Å²) in [6.07, 6.45) is 8.22. The van der Waals surface area contributed by atoms with Crippen molar-refractivity contribution in [1.29, 1.82) is 0 Å². The number of aromatic carboxylic acids is 1. The summed E-state index contributed by atoms with van der Waals surface area (Å²) in [6.45, 7) is 5.93. The minimum absolute atomic E-state index is 0.158. The highest BCUT2D eigenvalue weighted by atomic mass is 16.5. The molecule has 43 heavy (non-hydrogen) atoms. The zero-order valence-corrected chi connectivity index (χ0v) is 25.1. The monoisotopic (exact) mass is 578 g/mol. The number of ether oxygens (including phenoxy) is 2. The van der Waals surface area contributed by atoms with Gasteiger partial charge in [0.15, 0.2) is 0 Å². The second kappa shape index (κ2) is 12.2. The summed E-state index contributed by atoms with van der Waals surface area (Å²) in [7, 11) is 0. The van der Waals surface area contributed by atoms with E-state index in [1.807, 2.05) is 6.07 Å². The van der Waals surface area contributed by atoms with Crippen LogP contribution >= 0.6 is 0 Å². The van der Waals surface area contributed by atoms with E-state index in [9.17, 15) is 9.90 Å². The van der Waals surface area contributed by atoms with Crippen LogP contribution in [0.5, 0.6) is 5.75 Å². The van der Waals surface area contributed by atoms with Crippen molar-refractivity contribution in [2.24, 2.45) is 0 Å². The molecule has 1 unspecified atom stereocenters. The van der Waals surface area contributed by atoms with Gasteiger partial charge in [0.25, 0.3) is 0 Å². The molecule has 3 aliphatic rings. The van der Waals surface area contributed by atoms with Gasteiger partial charge in [-0.1, -0.05) is 67.8 Å². The molecule has 3 heterocycles. The van der Waals surface area contributed by atoms with Gasteiger partial charge < -0.3 is 19.1 Å². The van der Waals surface area contributed by atoms with Crippen molar-refractivity contribution in [3.8, 4) is 17.0 Å². The Morgan fingerprint density at radius 3 is 2.63 bits per heavy atom. The molecule has 7 rings (SSSR count). The lowest BCUT2D eigenvalue weighted by atomic mass is 9.81. The molecule has 1 aromatic heterocycles. The van der Waals surface area contributed by atoms with Crippen LogP contribution in [0.2, 0.25) is 0 Å². The largest absolute Gasteiger partial charge is 0.490 e. The van der Waals surface area contributed by atoms with Crippen molar-refractivity contribution in [3.05, 3.63) is 89.0 Å². The SMILES string of the molecule is Cc1cccc2c1-c1c(C3CCCCC3)c3ccc(C(=O)O)cc3n1C[C@H](OCC1CCCN1Cc1ccccc1)CO2. The molecule has 224 valence electrons. The first-order valence-electron chi connectivity index (χ1n) is 16.1. The minimum atomic E-state index is -0.894. The van der Waals surface area contributed by atoms with Crippen molar-refractivity contribution in [2.45, 2.75) is 83.0 Å². The fraction of sp³-hybridized carbons (Fsp3) is 0.432. The van der Waals surface area contributed by atoms with Gasteiger partial charge in [-0.2, -0.15) is 0 Å². The van der Waals surface area contributed by atoms with E-state index in [0.29, 0.717) is 37.3 Å². The normalized spacial score (nSPS) is 21.1. The number of carbonyl (C=O) groups is 1. The molecule has 6 heteroatoms. The lowest BCUT2D eigenvalue weighted by Gasteiger charge is -2.30. The van der Waals surface area contributed by atoms with Gasteiger partial charge in [-0.25, -0.2) is 4.79 Å². The van der Waals surface area contributed by atoms with Gasteiger partial charge in [0.1, 0.15) is 18.5 Å². The van der Waals surface area contributed by atoms with Crippen LogP contribution in [-0.2, 0) is 17.8 Å². The Hall–Kier alpha value is -3.61. The average Bonchev–Trinajstić information content (AvgIpc) is 3.59. The maximum absolute atomic E-state index is 12.1. The molecule has 0 spiro atoms. The molecular formula is C37H42N2O4. The first kappa shape index (κ1) is 28.2. The number of nitrogens with zero attached hydrogens (tertiary/aromatic N) is 2. The summed E-state index contributed by atoms with van der Waals surface area (Å²) in [5.41, 5.74) is 7.52. The number of carboxylic acids is 1. The quantitative estimate of drug-likeness (QED) is 0.242. The first-order valence-corrected chi connectivity index (χ1v) is 16.1. The Labute approximate surface area is 254 Å². The molecule has 2 aliphatic heterocycles. The number of rotatable bonds is 7. The Morgan fingerprint density at radius 2 is 1.81 bits per heavy atom. The van der Waals surface area contributed by atoms with E-state index in [0.717, 1.165) is 49.2 Å². The molecule has 0 radical (unpaired) electrons. The van der Waals surface area contributed by atoms with Crippen LogP contribution in [0, 0.1) is 6.92 Å². The van der Waals surface area contributed by atoms with Gasteiger partial charge in [0.2, 0.25) is 0 Å². The number of likely N-dealkylation sites (tertiary alicyclic amines) is 1. The second-order valence-corrected chi connectivity index (χ2v) is 12.7. The summed E-state index contributed by atoms with van der Waals surface area (Å²) in [5, 5.41) is 11.1. The van der Waals surface area contributed by atoms with E-state index in [4.69, 9.17) is 9.47 Å². The van der Waals surface area contributed by atoms with Crippen LogP contribution in [-0.4, -0.2) is 52.4 Å². The fourth-order valence-corrected chi connectivity index (χ4v) is 7.73. The summed E-state index contributed by atoms with van der Waals surface area (Å²) in [5.74, 6) is 0.439. The van der Waals surface area contributed by atoms with Gasteiger partial charge >= 0.3 is 5.97 Å². The number of aromatic nitrogens is 1. The molecule has 0 bridgehead atoms. The van der Waals surface area contributed by atoms with Crippen LogP contribution < -0.4 is 4.74 Å². The van der Waals surface area contributed by atoms with Crippen LogP contribution in [0.3, 0.4) is 0 Å². The Bertz CT molecular complexity index is 1600. The molecule has 1 N–H and O–H groups in total. The molecule has 0 amide bonds. The van der Waals surface area contributed by atoms with Gasteiger partial charge in [-0.15, -0.1) is 0 Å². The van der Waals surface area contributed by atoms with Crippen molar-refractivity contribution in [2.75, 3.05) is 19.8 Å². The number of hydrogen-bond donors (Lipinski definition) is 1. The lowest BCUT2D eigenvalue weighted by molar-refractivity contribution is -0.0151. The Kier molecular flexibility index (Phi) is 7.98. The van der Waals surface area contributed by atoms with E-state index in [1.54, 1.807) is 6.07 Å². The zero-order chi connectivity index (χ0) is 29.3. The Balaban J connectivity index is 1.27. The van der Waals surface area contributed by atoms with Gasteiger partial charge in [0, 0.05) is 29.1 Å². The average molecular weight is 579 g/mol. The van der Waals surface area contributed by atoms with Crippen LogP contribution in [0.4, 0.5) is 0 Å². The molecule has 6 nitrogen and oxygen atoms in total. The maximum Gasteiger partial charge on any atom is 0.335 e. The van der Waals surface area contributed by atoms with E-state index < -0.39 is 5.97 Å².